The molecule has 0 unspecified atom stereocenters. The van der Waals surface area contributed by atoms with Crippen LogP contribution in [0.2, 0.25) is 0 Å². The molecule has 17 heavy (non-hydrogen) atoms. The first-order chi connectivity index (χ1) is 8.13. The molecule has 0 atom stereocenters. The topological polar surface area (TPSA) is 29.5 Å². The Morgan fingerprint density at radius 1 is 0.941 bits per heavy atom. The summed E-state index contributed by atoms with van der Waals surface area (Å²) in [6.45, 7) is 4.86. The number of hydrogen-bond acceptors (Lipinski definition) is 2. The highest BCUT2D eigenvalue weighted by atomic mass is 16.5. The highest BCUT2D eigenvalue weighted by Gasteiger charge is 2.37. The van der Waals surface area contributed by atoms with E-state index < -0.39 is 0 Å². The molecule has 2 rings (SSSR count). The van der Waals surface area contributed by atoms with Crippen molar-refractivity contribution in [1.29, 1.82) is 0 Å². The van der Waals surface area contributed by atoms with Crippen LogP contribution in [0.15, 0.2) is 0 Å². The van der Waals surface area contributed by atoms with E-state index in [1.807, 2.05) is 0 Å². The zero-order valence-corrected chi connectivity index (χ0v) is 11.5. The third kappa shape index (κ3) is 3.45. The van der Waals surface area contributed by atoms with E-state index in [2.05, 4.69) is 13.8 Å². The van der Waals surface area contributed by atoms with Gasteiger partial charge in [-0.1, -0.05) is 13.8 Å². The number of rotatable bonds is 3. The minimum atomic E-state index is -0.197. The molecule has 0 amide bonds. The van der Waals surface area contributed by atoms with E-state index in [0.29, 0.717) is 6.10 Å². The van der Waals surface area contributed by atoms with Crippen molar-refractivity contribution in [3.63, 3.8) is 0 Å². The molecule has 2 heteroatoms. The lowest BCUT2D eigenvalue weighted by Crippen LogP contribution is -2.44. The second-order valence-corrected chi connectivity index (χ2v) is 6.52. The maximum Gasteiger partial charge on any atom is 0.0916 e. The first-order valence-electron chi connectivity index (χ1n) is 7.42. The average Bonchev–Trinajstić information content (AvgIpc) is 2.35. The molecule has 2 aliphatic carbocycles. The molecular formula is C15H28O2. The molecule has 0 aliphatic heterocycles. The van der Waals surface area contributed by atoms with E-state index >= 15 is 0 Å². The second kappa shape index (κ2) is 5.71. The number of aliphatic hydroxyl groups excluding tert-OH is 1. The largest absolute Gasteiger partial charge is 0.393 e. The van der Waals surface area contributed by atoms with Gasteiger partial charge < -0.3 is 9.84 Å². The smallest absolute Gasteiger partial charge is 0.0916 e. The average molecular weight is 240 g/mol. The maximum absolute atomic E-state index is 9.69. The predicted octanol–water partition coefficient (Wildman–Crippen LogP) is 3.52. The molecule has 1 N–H and O–H groups in total. The summed E-state index contributed by atoms with van der Waals surface area (Å²) in [5.41, 5.74) is -0.197. The van der Waals surface area contributed by atoms with Crippen LogP contribution in [0.1, 0.15) is 65.2 Å². The van der Waals surface area contributed by atoms with Crippen LogP contribution in [0.5, 0.6) is 0 Å². The maximum atomic E-state index is 9.69. The Labute approximate surface area is 106 Å². The predicted molar refractivity (Wildman–Crippen MR) is 70.0 cm³/mol. The Morgan fingerprint density at radius 2 is 1.47 bits per heavy atom. The van der Waals surface area contributed by atoms with Gasteiger partial charge in [-0.25, -0.2) is 0 Å². The molecule has 2 saturated carbocycles. The van der Waals surface area contributed by atoms with Crippen molar-refractivity contribution in [2.45, 2.75) is 76.9 Å². The van der Waals surface area contributed by atoms with Gasteiger partial charge in [-0.05, 0) is 63.2 Å². The van der Waals surface area contributed by atoms with Crippen molar-refractivity contribution < 1.29 is 9.84 Å². The van der Waals surface area contributed by atoms with Crippen LogP contribution in [0.3, 0.4) is 0 Å². The molecule has 2 aliphatic rings. The fourth-order valence-electron chi connectivity index (χ4n) is 3.30. The van der Waals surface area contributed by atoms with Crippen LogP contribution in [0.4, 0.5) is 0 Å². The highest BCUT2D eigenvalue weighted by Crippen LogP contribution is 2.38. The molecule has 0 heterocycles. The van der Waals surface area contributed by atoms with E-state index in [0.717, 1.165) is 24.7 Å². The van der Waals surface area contributed by atoms with Gasteiger partial charge >= 0.3 is 0 Å². The van der Waals surface area contributed by atoms with Crippen molar-refractivity contribution in [3.05, 3.63) is 0 Å². The van der Waals surface area contributed by atoms with Crippen molar-refractivity contribution in [2.24, 2.45) is 11.8 Å². The van der Waals surface area contributed by atoms with Gasteiger partial charge in [0.2, 0.25) is 0 Å². The van der Waals surface area contributed by atoms with Crippen LogP contribution in [-0.4, -0.2) is 23.4 Å². The van der Waals surface area contributed by atoms with Crippen molar-refractivity contribution in [1.82, 2.24) is 0 Å². The minimum Gasteiger partial charge on any atom is -0.393 e. The van der Waals surface area contributed by atoms with E-state index in [4.69, 9.17) is 4.74 Å². The normalized spacial score (nSPS) is 43.6. The SMILES string of the molecule is CC1CCC(OC2(CO)CCC(C)CC2)CC1. The van der Waals surface area contributed by atoms with E-state index in [1.165, 1.54) is 38.5 Å². The molecule has 0 aromatic carbocycles. The summed E-state index contributed by atoms with van der Waals surface area (Å²) in [5.74, 6) is 1.68. The molecule has 0 aromatic rings. The lowest BCUT2D eigenvalue weighted by Gasteiger charge is -2.42. The van der Waals surface area contributed by atoms with Crippen molar-refractivity contribution in [2.75, 3.05) is 6.61 Å². The summed E-state index contributed by atoms with van der Waals surface area (Å²) >= 11 is 0. The molecule has 2 fully saturated rings. The summed E-state index contributed by atoms with van der Waals surface area (Å²) in [4.78, 5) is 0. The quantitative estimate of drug-likeness (QED) is 0.818. The molecule has 0 saturated heterocycles. The fraction of sp³-hybridized carbons (Fsp3) is 1.00. The summed E-state index contributed by atoms with van der Waals surface area (Å²) in [5, 5.41) is 9.69. The lowest BCUT2D eigenvalue weighted by molar-refractivity contribution is -0.152. The monoisotopic (exact) mass is 240 g/mol. The number of hydrogen-bond donors (Lipinski definition) is 1. The Kier molecular flexibility index (Phi) is 4.48. The van der Waals surface area contributed by atoms with E-state index in [9.17, 15) is 5.11 Å². The summed E-state index contributed by atoms with van der Waals surface area (Å²) in [7, 11) is 0. The summed E-state index contributed by atoms with van der Waals surface area (Å²) in [6.07, 6.45) is 9.91. The van der Waals surface area contributed by atoms with Gasteiger partial charge in [-0.15, -0.1) is 0 Å². The molecule has 2 nitrogen and oxygen atoms in total. The zero-order valence-electron chi connectivity index (χ0n) is 11.5. The van der Waals surface area contributed by atoms with Crippen molar-refractivity contribution >= 4 is 0 Å². The van der Waals surface area contributed by atoms with Gasteiger partial charge in [0.05, 0.1) is 18.3 Å². The standard InChI is InChI=1S/C15H28O2/c1-12-3-5-14(6-4-12)17-15(11-16)9-7-13(2)8-10-15/h12-14,16H,3-11H2,1-2H3. The van der Waals surface area contributed by atoms with Crippen LogP contribution in [0, 0.1) is 11.8 Å². The van der Waals surface area contributed by atoms with Crippen LogP contribution in [-0.2, 0) is 4.74 Å². The van der Waals surface area contributed by atoms with Gasteiger partial charge in [-0.2, -0.15) is 0 Å². The van der Waals surface area contributed by atoms with Crippen LogP contribution < -0.4 is 0 Å². The third-order valence-electron chi connectivity index (χ3n) is 4.85. The Hall–Kier alpha value is -0.0800. The van der Waals surface area contributed by atoms with Crippen molar-refractivity contribution in [3.8, 4) is 0 Å². The zero-order chi connectivity index (χ0) is 12.3. The van der Waals surface area contributed by atoms with Crippen LogP contribution >= 0.6 is 0 Å². The molecule has 0 aromatic heterocycles. The minimum absolute atomic E-state index is 0.197. The Morgan fingerprint density at radius 3 is 2.00 bits per heavy atom. The summed E-state index contributed by atoms with van der Waals surface area (Å²) in [6, 6.07) is 0. The van der Waals surface area contributed by atoms with Gasteiger partial charge in [0, 0.05) is 0 Å². The molecular weight excluding hydrogens is 212 g/mol. The first kappa shape index (κ1) is 13.4. The summed E-state index contributed by atoms with van der Waals surface area (Å²) < 4.78 is 6.32. The third-order valence-corrected chi connectivity index (χ3v) is 4.85. The molecule has 0 spiro atoms. The first-order valence-corrected chi connectivity index (χ1v) is 7.42. The Bertz CT molecular complexity index is 223. The second-order valence-electron chi connectivity index (χ2n) is 6.52. The van der Waals surface area contributed by atoms with E-state index in [-0.39, 0.29) is 12.2 Å². The molecule has 0 radical (unpaired) electrons. The van der Waals surface area contributed by atoms with Gasteiger partial charge in [0.1, 0.15) is 0 Å². The highest BCUT2D eigenvalue weighted by molar-refractivity contribution is 4.88. The van der Waals surface area contributed by atoms with Gasteiger partial charge in [-0.3, -0.25) is 0 Å². The number of ether oxygens (including phenoxy) is 1. The molecule has 100 valence electrons. The lowest BCUT2D eigenvalue weighted by atomic mass is 9.79. The number of aliphatic hydroxyl groups is 1. The Balaban J connectivity index is 1.86. The fourth-order valence-corrected chi connectivity index (χ4v) is 3.30. The van der Waals surface area contributed by atoms with E-state index in [1.54, 1.807) is 0 Å². The van der Waals surface area contributed by atoms with Gasteiger partial charge in [0.15, 0.2) is 0 Å². The van der Waals surface area contributed by atoms with Crippen LogP contribution in [0.25, 0.3) is 0 Å². The molecule has 0 bridgehead atoms. The van der Waals surface area contributed by atoms with Gasteiger partial charge in [0.25, 0.3) is 0 Å².